The summed E-state index contributed by atoms with van der Waals surface area (Å²) in [5.74, 6) is -0.688. The number of amides is 2. The molecule has 0 unspecified atom stereocenters. The Balaban J connectivity index is 2.63. The van der Waals surface area contributed by atoms with E-state index in [4.69, 9.17) is 9.05 Å². The van der Waals surface area contributed by atoms with Gasteiger partial charge < -0.3 is 9.05 Å². The van der Waals surface area contributed by atoms with Crippen molar-refractivity contribution in [2.45, 2.75) is 26.7 Å². The minimum absolute atomic E-state index is 0.207. The number of hydrogen-bond acceptors (Lipinski definition) is 5. The second-order valence-corrected chi connectivity index (χ2v) is 5.70. The molecule has 1 fully saturated rings. The Morgan fingerprint density at radius 1 is 1.35 bits per heavy atom. The highest BCUT2D eigenvalue weighted by molar-refractivity contribution is 7.54. The van der Waals surface area contributed by atoms with Gasteiger partial charge in [-0.05, 0) is 20.3 Å². The average Bonchev–Trinajstić information content (AvgIpc) is 2.64. The molecule has 0 aromatic heterocycles. The number of likely N-dealkylation sites (tertiary alicyclic amines) is 1. The molecular formula is C10H18NO5P. The van der Waals surface area contributed by atoms with Gasteiger partial charge in [0.1, 0.15) is 6.16 Å². The lowest BCUT2D eigenvalue weighted by atomic mass is 10.4. The van der Waals surface area contributed by atoms with Crippen molar-refractivity contribution >= 4 is 19.4 Å². The average molecular weight is 263 g/mol. The Labute approximate surface area is 101 Å². The molecule has 1 aliphatic rings. The zero-order chi connectivity index (χ0) is 12.9. The highest BCUT2D eigenvalue weighted by atomic mass is 31.2. The van der Waals surface area contributed by atoms with Crippen LogP contribution in [0.15, 0.2) is 0 Å². The summed E-state index contributed by atoms with van der Waals surface area (Å²) in [6.45, 7) is 4.17. The van der Waals surface area contributed by atoms with Crippen LogP contribution in [0.2, 0.25) is 0 Å². The number of hydrogen-bond donors (Lipinski definition) is 0. The number of rotatable bonds is 6. The van der Waals surface area contributed by atoms with Crippen molar-refractivity contribution in [1.29, 1.82) is 0 Å². The summed E-state index contributed by atoms with van der Waals surface area (Å²) < 4.78 is 22.1. The fraction of sp³-hybridized carbons (Fsp3) is 0.800. The molecule has 1 aliphatic heterocycles. The van der Waals surface area contributed by atoms with Gasteiger partial charge in [-0.1, -0.05) is 0 Å². The van der Waals surface area contributed by atoms with E-state index in [9.17, 15) is 14.2 Å². The minimum Gasteiger partial charge on any atom is -0.309 e. The van der Waals surface area contributed by atoms with Gasteiger partial charge in [0.2, 0.25) is 11.8 Å². The lowest BCUT2D eigenvalue weighted by Crippen LogP contribution is -2.34. The number of carbonyl (C=O) groups is 2. The lowest BCUT2D eigenvalue weighted by Gasteiger charge is -2.19. The predicted molar refractivity (Wildman–Crippen MR) is 61.7 cm³/mol. The first kappa shape index (κ1) is 14.4. The standard InChI is InChI=1S/C10H18NO5P/c1-3-15-17(14,16-4-2)8-10(13)11-7-5-6-9(11)12/h3-8H2,1-2H3. The van der Waals surface area contributed by atoms with Crippen molar-refractivity contribution in [1.82, 2.24) is 4.90 Å². The first-order chi connectivity index (χ1) is 8.02. The summed E-state index contributed by atoms with van der Waals surface area (Å²) in [7, 11) is -3.40. The van der Waals surface area contributed by atoms with E-state index in [0.717, 1.165) is 4.90 Å². The molecule has 0 bridgehead atoms. The van der Waals surface area contributed by atoms with Crippen LogP contribution in [-0.2, 0) is 23.2 Å². The second-order valence-electron chi connectivity index (χ2n) is 3.65. The van der Waals surface area contributed by atoms with Gasteiger partial charge in [0.25, 0.3) is 0 Å². The van der Waals surface area contributed by atoms with Gasteiger partial charge in [0.05, 0.1) is 13.2 Å². The molecule has 98 valence electrons. The fourth-order valence-corrected chi connectivity index (χ4v) is 3.23. The molecule has 7 heteroatoms. The Morgan fingerprint density at radius 2 is 1.94 bits per heavy atom. The number of imide groups is 1. The molecule has 0 aromatic rings. The third kappa shape index (κ3) is 3.91. The number of carbonyl (C=O) groups excluding carboxylic acids is 2. The Hall–Kier alpha value is -0.710. The van der Waals surface area contributed by atoms with E-state index in [1.807, 2.05) is 0 Å². The topological polar surface area (TPSA) is 72.9 Å². The first-order valence-corrected chi connectivity index (χ1v) is 7.46. The molecule has 0 aromatic carbocycles. The maximum Gasteiger partial charge on any atom is 0.340 e. The zero-order valence-electron chi connectivity index (χ0n) is 10.2. The molecule has 17 heavy (non-hydrogen) atoms. The molecule has 1 rings (SSSR count). The van der Waals surface area contributed by atoms with Gasteiger partial charge in [-0.3, -0.25) is 19.1 Å². The first-order valence-electron chi connectivity index (χ1n) is 5.73. The van der Waals surface area contributed by atoms with Crippen LogP contribution >= 0.6 is 7.60 Å². The van der Waals surface area contributed by atoms with Crippen molar-refractivity contribution < 1.29 is 23.2 Å². The van der Waals surface area contributed by atoms with E-state index in [1.165, 1.54) is 0 Å². The summed E-state index contributed by atoms with van der Waals surface area (Å²) in [6.07, 6.45) is 0.678. The van der Waals surface area contributed by atoms with Crippen LogP contribution in [0.4, 0.5) is 0 Å². The Bertz CT molecular complexity index is 334. The highest BCUT2D eigenvalue weighted by Gasteiger charge is 2.34. The molecule has 0 atom stereocenters. The summed E-state index contributed by atoms with van der Waals surface area (Å²) in [4.78, 5) is 24.3. The summed E-state index contributed by atoms with van der Waals surface area (Å²) in [5, 5.41) is 0. The maximum atomic E-state index is 12.1. The van der Waals surface area contributed by atoms with Gasteiger partial charge in [0.15, 0.2) is 0 Å². The van der Waals surface area contributed by atoms with Gasteiger partial charge in [-0.15, -0.1) is 0 Å². The van der Waals surface area contributed by atoms with Crippen LogP contribution < -0.4 is 0 Å². The van der Waals surface area contributed by atoms with E-state index < -0.39 is 13.5 Å². The zero-order valence-corrected chi connectivity index (χ0v) is 11.1. The van der Waals surface area contributed by atoms with E-state index in [-0.39, 0.29) is 25.3 Å². The van der Waals surface area contributed by atoms with Crippen LogP contribution in [-0.4, -0.2) is 42.6 Å². The van der Waals surface area contributed by atoms with Crippen molar-refractivity contribution in [2.75, 3.05) is 25.9 Å². The molecule has 6 nitrogen and oxygen atoms in total. The molecular weight excluding hydrogens is 245 g/mol. The van der Waals surface area contributed by atoms with Crippen LogP contribution in [0.5, 0.6) is 0 Å². The largest absolute Gasteiger partial charge is 0.340 e. The third-order valence-electron chi connectivity index (χ3n) is 2.35. The van der Waals surface area contributed by atoms with Crippen LogP contribution in [0.25, 0.3) is 0 Å². The molecule has 2 amide bonds. The van der Waals surface area contributed by atoms with E-state index >= 15 is 0 Å². The molecule has 0 radical (unpaired) electrons. The van der Waals surface area contributed by atoms with Crippen molar-refractivity contribution in [3.05, 3.63) is 0 Å². The SMILES string of the molecule is CCOP(=O)(CC(=O)N1CCCC1=O)OCC. The Morgan fingerprint density at radius 3 is 2.35 bits per heavy atom. The smallest absolute Gasteiger partial charge is 0.309 e. The predicted octanol–water partition coefficient (Wildman–Crippen LogP) is 1.40. The molecule has 0 aliphatic carbocycles. The van der Waals surface area contributed by atoms with Gasteiger partial charge in [0, 0.05) is 13.0 Å². The van der Waals surface area contributed by atoms with Crippen LogP contribution in [0, 0.1) is 0 Å². The van der Waals surface area contributed by atoms with E-state index in [0.29, 0.717) is 19.4 Å². The normalized spacial score (nSPS) is 16.6. The van der Waals surface area contributed by atoms with Gasteiger partial charge in [-0.2, -0.15) is 0 Å². The quantitative estimate of drug-likeness (QED) is 0.677. The maximum absolute atomic E-state index is 12.1. The number of nitrogens with zero attached hydrogens (tertiary/aromatic N) is 1. The van der Waals surface area contributed by atoms with E-state index in [2.05, 4.69) is 0 Å². The second kappa shape index (κ2) is 6.28. The summed E-state index contributed by atoms with van der Waals surface area (Å²) in [5.41, 5.74) is 0. The van der Waals surface area contributed by atoms with E-state index in [1.54, 1.807) is 13.8 Å². The summed E-state index contributed by atoms with van der Waals surface area (Å²) in [6, 6.07) is 0. The summed E-state index contributed by atoms with van der Waals surface area (Å²) >= 11 is 0. The lowest BCUT2D eigenvalue weighted by molar-refractivity contribution is -0.140. The van der Waals surface area contributed by atoms with Crippen molar-refractivity contribution in [3.63, 3.8) is 0 Å². The van der Waals surface area contributed by atoms with Gasteiger partial charge in [-0.25, -0.2) is 0 Å². The van der Waals surface area contributed by atoms with Gasteiger partial charge >= 0.3 is 7.60 Å². The highest BCUT2D eigenvalue weighted by Crippen LogP contribution is 2.48. The minimum atomic E-state index is -3.40. The fourth-order valence-electron chi connectivity index (χ4n) is 1.68. The van der Waals surface area contributed by atoms with Crippen molar-refractivity contribution in [2.24, 2.45) is 0 Å². The van der Waals surface area contributed by atoms with Crippen LogP contribution in [0.3, 0.4) is 0 Å². The van der Waals surface area contributed by atoms with Crippen molar-refractivity contribution in [3.8, 4) is 0 Å². The molecule has 0 spiro atoms. The molecule has 1 heterocycles. The van der Waals surface area contributed by atoms with Crippen LogP contribution in [0.1, 0.15) is 26.7 Å². The Kier molecular flexibility index (Phi) is 5.31. The molecule has 0 saturated carbocycles. The molecule has 1 saturated heterocycles. The third-order valence-corrected chi connectivity index (χ3v) is 4.32. The molecule has 0 N–H and O–H groups in total. The monoisotopic (exact) mass is 263 g/mol.